The zero-order chi connectivity index (χ0) is 19.6. The van der Waals surface area contributed by atoms with Gasteiger partial charge >= 0.3 is 0 Å². The number of halogens is 2. The zero-order valence-corrected chi connectivity index (χ0v) is 16.8. The molecule has 0 aromatic heterocycles. The SMILES string of the molecule is O=C1CCC2(CCCN(Cc3cc(F)ccc3F)CC2)N1CC1CCCCC1. The maximum absolute atomic E-state index is 14.0. The minimum atomic E-state index is -0.386. The van der Waals surface area contributed by atoms with Crippen LogP contribution in [0.15, 0.2) is 18.2 Å². The number of hydrogen-bond donors (Lipinski definition) is 0. The van der Waals surface area contributed by atoms with Gasteiger partial charge in [0.1, 0.15) is 11.6 Å². The van der Waals surface area contributed by atoms with Gasteiger partial charge in [0, 0.05) is 37.2 Å². The molecule has 1 amide bonds. The van der Waals surface area contributed by atoms with Gasteiger partial charge in [0.05, 0.1) is 0 Å². The fraction of sp³-hybridized carbons (Fsp3) is 0.696. The monoisotopic (exact) mass is 390 g/mol. The summed E-state index contributed by atoms with van der Waals surface area (Å²) in [4.78, 5) is 17.2. The van der Waals surface area contributed by atoms with Gasteiger partial charge in [-0.2, -0.15) is 0 Å². The van der Waals surface area contributed by atoms with Crippen LogP contribution in [0.3, 0.4) is 0 Å². The number of hydrogen-bond acceptors (Lipinski definition) is 2. The standard InChI is InChI=1S/C23H32F2N2O/c24-20-7-8-21(25)19(15-20)17-26-13-4-10-23(12-14-26)11-9-22(28)27(23)16-18-5-2-1-3-6-18/h7-8,15,18H,1-6,9-14,16-17H2. The minimum absolute atomic E-state index is 0.0102. The molecule has 0 radical (unpaired) electrons. The normalized spacial score (nSPS) is 27.5. The van der Waals surface area contributed by atoms with E-state index in [0.29, 0.717) is 30.4 Å². The molecule has 1 saturated carbocycles. The van der Waals surface area contributed by atoms with Crippen LogP contribution in [0.5, 0.6) is 0 Å². The van der Waals surface area contributed by atoms with Crippen LogP contribution in [0.2, 0.25) is 0 Å². The average Bonchev–Trinajstić information content (AvgIpc) is 2.87. The maximum atomic E-state index is 14.0. The van der Waals surface area contributed by atoms with E-state index in [9.17, 15) is 13.6 Å². The van der Waals surface area contributed by atoms with Gasteiger partial charge in [-0.15, -0.1) is 0 Å². The lowest BCUT2D eigenvalue weighted by atomic mass is 9.84. The van der Waals surface area contributed by atoms with E-state index in [2.05, 4.69) is 9.80 Å². The first-order valence-electron chi connectivity index (χ1n) is 11.0. The van der Waals surface area contributed by atoms with E-state index < -0.39 is 0 Å². The summed E-state index contributed by atoms with van der Waals surface area (Å²) in [5.41, 5.74) is 0.418. The van der Waals surface area contributed by atoms with Crippen molar-refractivity contribution in [3.63, 3.8) is 0 Å². The maximum Gasteiger partial charge on any atom is 0.223 e. The van der Waals surface area contributed by atoms with Crippen molar-refractivity contribution in [3.05, 3.63) is 35.4 Å². The molecule has 0 N–H and O–H groups in total. The molecule has 1 aromatic carbocycles. The molecular weight excluding hydrogens is 358 g/mol. The van der Waals surface area contributed by atoms with Crippen LogP contribution >= 0.6 is 0 Å². The van der Waals surface area contributed by atoms with Crippen LogP contribution in [0, 0.1) is 17.6 Å². The van der Waals surface area contributed by atoms with Crippen molar-refractivity contribution in [2.24, 2.45) is 5.92 Å². The molecule has 1 spiro atoms. The molecule has 1 aromatic rings. The van der Waals surface area contributed by atoms with E-state index in [0.717, 1.165) is 45.3 Å². The molecule has 3 nitrogen and oxygen atoms in total. The Balaban J connectivity index is 1.42. The first kappa shape index (κ1) is 19.8. The smallest absolute Gasteiger partial charge is 0.223 e. The molecule has 5 heteroatoms. The number of amides is 1. The summed E-state index contributed by atoms with van der Waals surface area (Å²) in [6, 6.07) is 3.69. The van der Waals surface area contributed by atoms with Gasteiger partial charge in [-0.05, 0) is 69.2 Å². The van der Waals surface area contributed by atoms with Crippen molar-refractivity contribution in [3.8, 4) is 0 Å². The first-order valence-corrected chi connectivity index (χ1v) is 11.0. The largest absolute Gasteiger partial charge is 0.337 e. The van der Waals surface area contributed by atoms with E-state index in [4.69, 9.17) is 0 Å². The minimum Gasteiger partial charge on any atom is -0.337 e. The molecule has 154 valence electrons. The molecule has 28 heavy (non-hydrogen) atoms. The van der Waals surface area contributed by atoms with Crippen molar-refractivity contribution in [1.82, 2.24) is 9.80 Å². The Hall–Kier alpha value is -1.49. The molecule has 2 heterocycles. The van der Waals surface area contributed by atoms with Gasteiger partial charge in [-0.1, -0.05) is 19.3 Å². The molecule has 3 fully saturated rings. The summed E-state index contributed by atoms with van der Waals surface area (Å²) < 4.78 is 27.6. The Morgan fingerprint density at radius 3 is 2.64 bits per heavy atom. The van der Waals surface area contributed by atoms with E-state index in [1.807, 2.05) is 0 Å². The van der Waals surface area contributed by atoms with Crippen molar-refractivity contribution in [1.29, 1.82) is 0 Å². The van der Waals surface area contributed by atoms with Crippen molar-refractivity contribution >= 4 is 5.91 Å². The van der Waals surface area contributed by atoms with Crippen LogP contribution in [-0.2, 0) is 11.3 Å². The highest BCUT2D eigenvalue weighted by Crippen LogP contribution is 2.41. The van der Waals surface area contributed by atoms with E-state index in [1.165, 1.54) is 50.3 Å². The molecule has 2 saturated heterocycles. The summed E-state index contributed by atoms with van der Waals surface area (Å²) in [6.07, 6.45) is 11.1. The van der Waals surface area contributed by atoms with Crippen LogP contribution in [0.4, 0.5) is 8.78 Å². The molecule has 2 aliphatic heterocycles. The second-order valence-corrected chi connectivity index (χ2v) is 9.10. The van der Waals surface area contributed by atoms with E-state index in [-0.39, 0.29) is 17.2 Å². The number of nitrogens with zero attached hydrogens (tertiary/aromatic N) is 2. The summed E-state index contributed by atoms with van der Waals surface area (Å²) in [6.45, 7) is 3.08. The highest BCUT2D eigenvalue weighted by molar-refractivity contribution is 5.79. The summed E-state index contributed by atoms with van der Waals surface area (Å²) in [5, 5.41) is 0. The Bertz CT molecular complexity index is 704. The lowest BCUT2D eigenvalue weighted by Crippen LogP contribution is -2.48. The third kappa shape index (κ3) is 4.24. The van der Waals surface area contributed by atoms with Gasteiger partial charge in [0.2, 0.25) is 5.91 Å². The summed E-state index contributed by atoms with van der Waals surface area (Å²) >= 11 is 0. The van der Waals surface area contributed by atoms with Crippen LogP contribution in [0.25, 0.3) is 0 Å². The third-order valence-corrected chi connectivity index (χ3v) is 7.25. The van der Waals surface area contributed by atoms with Gasteiger partial charge in [-0.3, -0.25) is 9.69 Å². The topological polar surface area (TPSA) is 23.6 Å². The van der Waals surface area contributed by atoms with Gasteiger partial charge in [0.15, 0.2) is 0 Å². The number of likely N-dealkylation sites (tertiary alicyclic amines) is 2. The van der Waals surface area contributed by atoms with Crippen molar-refractivity contribution in [2.75, 3.05) is 19.6 Å². The van der Waals surface area contributed by atoms with Crippen molar-refractivity contribution < 1.29 is 13.6 Å². The molecule has 1 atom stereocenters. The Morgan fingerprint density at radius 2 is 1.82 bits per heavy atom. The van der Waals surface area contributed by atoms with Crippen LogP contribution in [-0.4, -0.2) is 40.9 Å². The van der Waals surface area contributed by atoms with Gasteiger partial charge in [-0.25, -0.2) is 8.78 Å². The molecule has 4 rings (SSSR count). The van der Waals surface area contributed by atoms with Gasteiger partial charge < -0.3 is 4.90 Å². The predicted molar refractivity (Wildman–Crippen MR) is 106 cm³/mol. The molecule has 1 aliphatic carbocycles. The Morgan fingerprint density at radius 1 is 1.00 bits per heavy atom. The fourth-order valence-electron chi connectivity index (χ4n) is 5.62. The lowest BCUT2D eigenvalue weighted by molar-refractivity contribution is -0.132. The molecular formula is C23H32F2N2O. The average molecular weight is 391 g/mol. The second kappa shape index (κ2) is 8.48. The Labute approximate surface area is 167 Å². The van der Waals surface area contributed by atoms with E-state index >= 15 is 0 Å². The van der Waals surface area contributed by atoms with Crippen molar-refractivity contribution in [2.45, 2.75) is 76.3 Å². The molecule has 3 aliphatic rings. The van der Waals surface area contributed by atoms with Gasteiger partial charge in [0.25, 0.3) is 0 Å². The highest BCUT2D eigenvalue weighted by atomic mass is 19.1. The first-order chi connectivity index (χ1) is 13.6. The quantitative estimate of drug-likeness (QED) is 0.731. The van der Waals surface area contributed by atoms with E-state index in [1.54, 1.807) is 0 Å². The summed E-state index contributed by atoms with van der Waals surface area (Å²) in [7, 11) is 0. The molecule has 0 bridgehead atoms. The lowest BCUT2D eigenvalue weighted by Gasteiger charge is -2.41. The molecule has 1 unspecified atom stereocenters. The summed E-state index contributed by atoms with van der Waals surface area (Å²) in [5.74, 6) is 0.265. The predicted octanol–water partition coefficient (Wildman–Crippen LogP) is 4.89. The second-order valence-electron chi connectivity index (χ2n) is 9.10. The highest BCUT2D eigenvalue weighted by Gasteiger charge is 2.46. The third-order valence-electron chi connectivity index (χ3n) is 7.25. The van der Waals surface area contributed by atoms with Crippen LogP contribution < -0.4 is 0 Å². The number of carbonyl (C=O) groups is 1. The number of carbonyl (C=O) groups excluding carboxylic acids is 1. The fourth-order valence-corrected chi connectivity index (χ4v) is 5.62. The number of rotatable bonds is 4. The number of benzene rings is 1. The zero-order valence-electron chi connectivity index (χ0n) is 16.8. The van der Waals surface area contributed by atoms with Crippen LogP contribution in [0.1, 0.15) is 69.8 Å². The Kier molecular flexibility index (Phi) is 6.00.